The van der Waals surface area contributed by atoms with Crippen LogP contribution in [0.5, 0.6) is 0 Å². The van der Waals surface area contributed by atoms with E-state index in [4.69, 9.17) is 9.41 Å². The Morgan fingerprint density at radius 2 is 1.54 bits per heavy atom. The Balaban J connectivity index is 3.54. The zero-order valence-electron chi connectivity index (χ0n) is 20.4. The smallest absolute Gasteiger partial charge is 0.192 e. The third-order valence-corrected chi connectivity index (χ3v) is 16.1. The van der Waals surface area contributed by atoms with Gasteiger partial charge in [-0.2, -0.15) is 5.26 Å². The molecule has 0 unspecified atom stereocenters. The van der Waals surface area contributed by atoms with Gasteiger partial charge in [0.2, 0.25) is 0 Å². The van der Waals surface area contributed by atoms with Crippen LogP contribution >= 0.6 is 0 Å². The molecule has 0 saturated heterocycles. The van der Waals surface area contributed by atoms with Crippen LogP contribution < -0.4 is 5.32 Å². The van der Waals surface area contributed by atoms with Crippen molar-refractivity contribution in [3.05, 3.63) is 23.4 Å². The normalized spacial score (nSPS) is 15.8. The van der Waals surface area contributed by atoms with Gasteiger partial charge in [0.05, 0.1) is 31.5 Å². The molecule has 0 aliphatic heterocycles. The monoisotopic (exact) mass is 434 g/mol. The molecule has 0 radical (unpaired) electrons. The molecule has 0 saturated carbocycles. The van der Waals surface area contributed by atoms with Gasteiger partial charge in [0.15, 0.2) is 8.32 Å². The van der Waals surface area contributed by atoms with Crippen molar-refractivity contribution in [3.8, 4) is 6.07 Å². The van der Waals surface area contributed by atoms with E-state index in [1.54, 1.807) is 0 Å². The molecule has 3 nitrogen and oxygen atoms in total. The second-order valence-electron chi connectivity index (χ2n) is 11.7. The largest absolute Gasteiger partial charge is 0.411 e. The summed E-state index contributed by atoms with van der Waals surface area (Å²) in [5.41, 5.74) is 2.16. The highest BCUT2D eigenvalue weighted by Gasteiger charge is 2.45. The number of nitriles is 1. The Kier molecular flexibility index (Phi) is 7.38. The van der Waals surface area contributed by atoms with Crippen molar-refractivity contribution in [2.24, 2.45) is 0 Å². The number of hydrogen-bond acceptors (Lipinski definition) is 3. The number of nitrogens with zero attached hydrogens (tertiary/aromatic N) is 2. The summed E-state index contributed by atoms with van der Waals surface area (Å²) in [5.74, 6) is 0. The van der Waals surface area contributed by atoms with E-state index in [1.807, 2.05) is 0 Å². The molecule has 0 N–H and O–H groups in total. The number of pyridine rings is 1. The third kappa shape index (κ3) is 5.24. The predicted molar refractivity (Wildman–Crippen MR) is 130 cm³/mol. The SMILES string of the molecule is CC[C@@](C#N)(c1cc(CO[Si](C)(C)C(C)(C)C)nc([Si](C)(C)C)c1)[Si](C)(C)C. The van der Waals surface area contributed by atoms with Crippen LogP contribution in [-0.2, 0) is 16.1 Å². The molecule has 0 bridgehead atoms. The molecular formula is C22H42N2OSi3. The van der Waals surface area contributed by atoms with Gasteiger partial charge in [0, 0.05) is 5.32 Å². The van der Waals surface area contributed by atoms with Crippen LogP contribution in [0, 0.1) is 11.3 Å². The van der Waals surface area contributed by atoms with Crippen molar-refractivity contribution in [2.45, 2.75) is 103 Å². The topological polar surface area (TPSA) is 45.9 Å². The maximum atomic E-state index is 10.3. The standard InChI is InChI=1S/C22H42N2OSi3/c1-13-22(17-23,27(8,9)10)18-14-19(24-20(15-18)26(5,6)7)16-25-28(11,12)21(2,3)4/h14-15H,13,16H2,1-12H3/t22-/m1/s1. The molecule has 0 spiro atoms. The second-order valence-corrected chi connectivity index (χ2v) is 26.8. The number of rotatable bonds is 7. The Morgan fingerprint density at radius 1 is 1.00 bits per heavy atom. The van der Waals surface area contributed by atoms with Gasteiger partial charge in [0.25, 0.3) is 0 Å². The van der Waals surface area contributed by atoms with Crippen molar-refractivity contribution < 1.29 is 4.43 Å². The highest BCUT2D eigenvalue weighted by Crippen LogP contribution is 2.39. The summed E-state index contributed by atoms with van der Waals surface area (Å²) in [6.07, 6.45) is 0.844. The molecule has 158 valence electrons. The first-order chi connectivity index (χ1) is 12.4. The lowest BCUT2D eigenvalue weighted by molar-refractivity contribution is 0.272. The fraction of sp³-hybridized carbons (Fsp3) is 0.727. The first kappa shape index (κ1) is 25.3. The van der Waals surface area contributed by atoms with Gasteiger partial charge < -0.3 is 4.43 Å². The fourth-order valence-corrected chi connectivity index (χ4v) is 7.66. The van der Waals surface area contributed by atoms with Gasteiger partial charge in [0.1, 0.15) is 8.07 Å². The summed E-state index contributed by atoms with van der Waals surface area (Å²) >= 11 is 0. The van der Waals surface area contributed by atoms with Crippen molar-refractivity contribution in [3.63, 3.8) is 0 Å². The first-order valence-electron chi connectivity index (χ1n) is 10.5. The van der Waals surface area contributed by atoms with Crippen LogP contribution in [0.4, 0.5) is 0 Å². The van der Waals surface area contributed by atoms with Crippen LogP contribution in [0.15, 0.2) is 12.1 Å². The molecule has 0 amide bonds. The first-order valence-corrected chi connectivity index (χ1v) is 20.4. The molecule has 0 fully saturated rings. The van der Waals surface area contributed by atoms with E-state index in [0.717, 1.165) is 17.7 Å². The van der Waals surface area contributed by atoms with Gasteiger partial charge >= 0.3 is 0 Å². The van der Waals surface area contributed by atoms with Crippen LogP contribution in [0.3, 0.4) is 0 Å². The van der Waals surface area contributed by atoms with E-state index < -0.39 is 29.5 Å². The zero-order valence-corrected chi connectivity index (χ0v) is 23.4. The zero-order chi connectivity index (χ0) is 22.2. The lowest BCUT2D eigenvalue weighted by Gasteiger charge is -2.39. The maximum absolute atomic E-state index is 10.3. The Labute approximate surface area is 177 Å². The summed E-state index contributed by atoms with van der Waals surface area (Å²) < 4.78 is 6.49. The molecule has 1 aromatic heterocycles. The minimum Gasteiger partial charge on any atom is -0.411 e. The van der Waals surface area contributed by atoms with Crippen molar-refractivity contribution in [1.29, 1.82) is 5.26 Å². The predicted octanol–water partition coefficient (Wildman–Crippen LogP) is 6.20. The van der Waals surface area contributed by atoms with E-state index in [1.165, 1.54) is 5.32 Å². The van der Waals surface area contributed by atoms with Crippen molar-refractivity contribution in [1.82, 2.24) is 4.98 Å². The van der Waals surface area contributed by atoms with Crippen molar-refractivity contribution >= 4 is 29.8 Å². The van der Waals surface area contributed by atoms with E-state index in [9.17, 15) is 5.26 Å². The number of aromatic nitrogens is 1. The van der Waals surface area contributed by atoms with Crippen LogP contribution in [0.2, 0.25) is 57.4 Å². The van der Waals surface area contributed by atoms with Gasteiger partial charge in [-0.15, -0.1) is 0 Å². The summed E-state index contributed by atoms with van der Waals surface area (Å²) in [6, 6.07) is 7.15. The van der Waals surface area contributed by atoms with Gasteiger partial charge in [-0.05, 0) is 42.2 Å². The lowest BCUT2D eigenvalue weighted by atomic mass is 9.96. The fourth-order valence-electron chi connectivity index (χ4n) is 3.24. The van der Waals surface area contributed by atoms with Gasteiger partial charge in [-0.25, -0.2) is 0 Å². The average molecular weight is 435 g/mol. The highest BCUT2D eigenvalue weighted by molar-refractivity contribution is 6.88. The van der Waals surface area contributed by atoms with E-state index in [-0.39, 0.29) is 5.04 Å². The molecule has 1 rings (SSSR count). The van der Waals surface area contributed by atoms with Crippen LogP contribution in [-0.4, -0.2) is 29.4 Å². The molecule has 1 aromatic rings. The van der Waals surface area contributed by atoms with Crippen LogP contribution in [0.25, 0.3) is 0 Å². The van der Waals surface area contributed by atoms with Crippen LogP contribution in [0.1, 0.15) is 45.4 Å². The molecule has 1 atom stereocenters. The average Bonchev–Trinajstić information content (AvgIpc) is 2.51. The lowest BCUT2D eigenvalue weighted by Crippen LogP contribution is -2.50. The molecule has 0 aromatic carbocycles. The molecule has 28 heavy (non-hydrogen) atoms. The highest BCUT2D eigenvalue weighted by atomic mass is 28.4. The number of hydrogen-bond donors (Lipinski definition) is 0. The Hall–Kier alpha value is -0.749. The molecule has 1 heterocycles. The second kappa shape index (κ2) is 8.17. The Morgan fingerprint density at radius 3 is 1.89 bits per heavy atom. The summed E-state index contributed by atoms with van der Waals surface area (Å²) in [7, 11) is -5.25. The maximum Gasteiger partial charge on any atom is 0.192 e. The van der Waals surface area contributed by atoms with Crippen molar-refractivity contribution in [2.75, 3.05) is 0 Å². The molecule has 0 aliphatic carbocycles. The van der Waals surface area contributed by atoms with E-state index in [2.05, 4.69) is 98.3 Å². The van der Waals surface area contributed by atoms with E-state index in [0.29, 0.717) is 6.61 Å². The quantitative estimate of drug-likeness (QED) is 0.480. The minimum atomic E-state index is -1.85. The molecule has 6 heteroatoms. The Bertz CT molecular complexity index is 734. The molecule has 0 aliphatic rings. The summed E-state index contributed by atoms with van der Waals surface area (Å²) in [5, 5.41) is 11.2. The molecular weight excluding hydrogens is 393 g/mol. The van der Waals surface area contributed by atoms with E-state index >= 15 is 0 Å². The third-order valence-electron chi connectivity index (χ3n) is 6.53. The minimum absolute atomic E-state index is 0.171. The van der Waals surface area contributed by atoms with Gasteiger partial charge in [-0.3, -0.25) is 4.98 Å². The summed E-state index contributed by atoms with van der Waals surface area (Å²) in [6.45, 7) is 27.9. The van der Waals surface area contributed by atoms with Gasteiger partial charge in [-0.1, -0.05) is 67.0 Å². The summed E-state index contributed by atoms with van der Waals surface area (Å²) in [4.78, 5) is 5.02.